The third-order valence-electron chi connectivity index (χ3n) is 2.36. The third-order valence-corrected chi connectivity index (χ3v) is 2.69. The fourth-order valence-electron chi connectivity index (χ4n) is 1.36. The number of aldehydes is 1. The van der Waals surface area contributed by atoms with Gasteiger partial charge in [-0.1, -0.05) is 11.6 Å². The van der Waals surface area contributed by atoms with Crippen molar-refractivity contribution >= 4 is 17.9 Å². The maximum Gasteiger partial charge on any atom is 0.256 e. The normalized spacial score (nSPS) is 10.2. The number of rotatable bonds is 3. The van der Waals surface area contributed by atoms with Crippen molar-refractivity contribution in [2.24, 2.45) is 0 Å². The molecule has 3 nitrogen and oxygen atoms in total. The highest BCUT2D eigenvalue weighted by Gasteiger charge is 2.09. The molecule has 1 aromatic carbocycles. The molecule has 0 aliphatic rings. The summed E-state index contributed by atoms with van der Waals surface area (Å²) in [5, 5.41) is 0.246. The lowest BCUT2D eigenvalue weighted by atomic mass is 10.2. The number of pyridine rings is 1. The average Bonchev–Trinajstić information content (AvgIpc) is 2.35. The summed E-state index contributed by atoms with van der Waals surface area (Å²) in [6.45, 7) is 1.62. The van der Waals surface area contributed by atoms with Gasteiger partial charge in [-0.2, -0.15) is 0 Å². The predicted molar refractivity (Wildman–Crippen MR) is 65.8 cm³/mol. The lowest BCUT2D eigenvalue weighted by Crippen LogP contribution is -1.94. The molecule has 0 saturated carbocycles. The van der Waals surface area contributed by atoms with Gasteiger partial charge in [-0.3, -0.25) is 4.79 Å². The van der Waals surface area contributed by atoms with E-state index >= 15 is 0 Å². The Labute approximate surface area is 108 Å². The van der Waals surface area contributed by atoms with Crippen LogP contribution in [0.1, 0.15) is 15.9 Å². The van der Waals surface area contributed by atoms with Gasteiger partial charge in [0.05, 0.1) is 5.02 Å². The number of carbonyl (C=O) groups excluding carboxylic acids is 1. The Morgan fingerprint density at radius 3 is 2.83 bits per heavy atom. The van der Waals surface area contributed by atoms with Crippen molar-refractivity contribution in [2.45, 2.75) is 6.92 Å². The molecule has 0 radical (unpaired) electrons. The van der Waals surface area contributed by atoms with Crippen LogP contribution in [0.4, 0.5) is 4.39 Å². The highest BCUT2D eigenvalue weighted by molar-refractivity contribution is 6.33. The number of halogens is 2. The molecule has 0 saturated heterocycles. The van der Waals surface area contributed by atoms with Crippen LogP contribution in [0.2, 0.25) is 5.02 Å². The second-order valence-corrected chi connectivity index (χ2v) is 4.06. The highest BCUT2D eigenvalue weighted by atomic mass is 35.5. The van der Waals surface area contributed by atoms with Crippen LogP contribution in [0.3, 0.4) is 0 Å². The molecule has 0 N–H and O–H groups in total. The van der Waals surface area contributed by atoms with Crippen LogP contribution in [-0.4, -0.2) is 11.3 Å². The summed E-state index contributed by atoms with van der Waals surface area (Å²) < 4.78 is 18.9. The molecule has 0 spiro atoms. The molecule has 0 unspecified atom stereocenters. The number of hydrogen-bond donors (Lipinski definition) is 0. The first-order valence-corrected chi connectivity index (χ1v) is 5.53. The molecule has 2 rings (SSSR count). The Morgan fingerprint density at radius 2 is 2.17 bits per heavy atom. The Kier molecular flexibility index (Phi) is 3.58. The van der Waals surface area contributed by atoms with E-state index in [9.17, 15) is 9.18 Å². The van der Waals surface area contributed by atoms with E-state index in [-0.39, 0.29) is 10.9 Å². The van der Waals surface area contributed by atoms with Crippen LogP contribution in [0.5, 0.6) is 11.6 Å². The summed E-state index contributed by atoms with van der Waals surface area (Å²) in [4.78, 5) is 14.4. The fourth-order valence-corrected chi connectivity index (χ4v) is 1.58. The quantitative estimate of drug-likeness (QED) is 0.793. The van der Waals surface area contributed by atoms with Gasteiger partial charge < -0.3 is 4.74 Å². The number of nitrogens with zero attached hydrogens (tertiary/aromatic N) is 1. The smallest absolute Gasteiger partial charge is 0.256 e. The lowest BCUT2D eigenvalue weighted by Gasteiger charge is -2.07. The van der Waals surface area contributed by atoms with Crippen LogP contribution >= 0.6 is 11.6 Å². The summed E-state index contributed by atoms with van der Waals surface area (Å²) >= 11 is 5.84. The van der Waals surface area contributed by atoms with E-state index in [1.54, 1.807) is 13.0 Å². The minimum Gasteiger partial charge on any atom is -0.436 e. The van der Waals surface area contributed by atoms with Gasteiger partial charge in [0, 0.05) is 17.8 Å². The first-order chi connectivity index (χ1) is 8.61. The SMILES string of the molecule is Cc1ccnc(Oc2ccc(C=O)c(Cl)c2)c1F. The summed E-state index contributed by atoms with van der Waals surface area (Å²) in [6.07, 6.45) is 2.09. The topological polar surface area (TPSA) is 39.2 Å². The van der Waals surface area contributed by atoms with Crippen LogP contribution in [-0.2, 0) is 0 Å². The van der Waals surface area contributed by atoms with E-state index in [4.69, 9.17) is 16.3 Å². The second kappa shape index (κ2) is 5.14. The van der Waals surface area contributed by atoms with E-state index in [2.05, 4.69) is 4.98 Å². The molecule has 92 valence electrons. The van der Waals surface area contributed by atoms with Crippen LogP contribution in [0.15, 0.2) is 30.5 Å². The monoisotopic (exact) mass is 265 g/mol. The summed E-state index contributed by atoms with van der Waals surface area (Å²) in [6, 6.07) is 6.01. The summed E-state index contributed by atoms with van der Waals surface area (Å²) in [5.41, 5.74) is 0.789. The van der Waals surface area contributed by atoms with E-state index in [1.807, 2.05) is 0 Å². The largest absolute Gasteiger partial charge is 0.436 e. The van der Waals surface area contributed by atoms with Gasteiger partial charge >= 0.3 is 0 Å². The van der Waals surface area contributed by atoms with Gasteiger partial charge in [-0.05, 0) is 30.7 Å². The van der Waals surface area contributed by atoms with Crippen molar-refractivity contribution in [2.75, 3.05) is 0 Å². The number of hydrogen-bond acceptors (Lipinski definition) is 3. The number of aromatic nitrogens is 1. The zero-order valence-electron chi connectivity index (χ0n) is 9.48. The van der Waals surface area contributed by atoms with Crippen molar-refractivity contribution in [1.82, 2.24) is 4.98 Å². The Hall–Kier alpha value is -1.94. The lowest BCUT2D eigenvalue weighted by molar-refractivity contribution is 0.112. The van der Waals surface area contributed by atoms with Crippen molar-refractivity contribution in [1.29, 1.82) is 0 Å². The van der Waals surface area contributed by atoms with Crippen molar-refractivity contribution in [3.05, 3.63) is 52.4 Å². The van der Waals surface area contributed by atoms with Crippen LogP contribution in [0.25, 0.3) is 0 Å². The van der Waals surface area contributed by atoms with Crippen molar-refractivity contribution < 1.29 is 13.9 Å². The number of carbonyl (C=O) groups is 1. The van der Waals surface area contributed by atoms with E-state index in [0.29, 0.717) is 23.2 Å². The van der Waals surface area contributed by atoms with Gasteiger partial charge in [0.2, 0.25) is 0 Å². The molecule has 1 aromatic heterocycles. The van der Waals surface area contributed by atoms with Gasteiger partial charge in [0.25, 0.3) is 5.88 Å². The fraction of sp³-hybridized carbons (Fsp3) is 0.0769. The maximum atomic E-state index is 13.7. The molecular formula is C13H9ClFNO2. The molecule has 0 amide bonds. The molecule has 0 fully saturated rings. The summed E-state index contributed by atoms with van der Waals surface area (Å²) in [7, 11) is 0. The second-order valence-electron chi connectivity index (χ2n) is 3.65. The van der Waals surface area contributed by atoms with Crippen LogP contribution in [0, 0.1) is 12.7 Å². The molecule has 0 atom stereocenters. The number of ether oxygens (including phenoxy) is 1. The molecule has 0 bridgehead atoms. The first kappa shape index (κ1) is 12.5. The zero-order valence-corrected chi connectivity index (χ0v) is 10.2. The van der Waals surface area contributed by atoms with E-state index in [0.717, 1.165) is 0 Å². The Bertz CT molecular complexity index is 602. The molecule has 0 aliphatic carbocycles. The predicted octanol–water partition coefficient (Wildman–Crippen LogP) is 3.79. The highest BCUT2D eigenvalue weighted by Crippen LogP contribution is 2.27. The molecule has 2 aromatic rings. The Morgan fingerprint density at radius 1 is 1.39 bits per heavy atom. The van der Waals surface area contributed by atoms with Gasteiger partial charge in [0.15, 0.2) is 12.1 Å². The summed E-state index contributed by atoms with van der Waals surface area (Å²) in [5.74, 6) is -0.319. The first-order valence-electron chi connectivity index (χ1n) is 5.15. The minimum atomic E-state index is -0.520. The molecular weight excluding hydrogens is 257 g/mol. The number of benzene rings is 1. The zero-order chi connectivity index (χ0) is 13.1. The van der Waals surface area contributed by atoms with Gasteiger partial charge in [-0.15, -0.1) is 0 Å². The molecule has 0 aliphatic heterocycles. The van der Waals surface area contributed by atoms with Gasteiger partial charge in [0.1, 0.15) is 5.75 Å². The molecule has 1 heterocycles. The van der Waals surface area contributed by atoms with E-state index < -0.39 is 5.82 Å². The maximum absolute atomic E-state index is 13.7. The third kappa shape index (κ3) is 2.49. The standard InChI is InChI=1S/C13H9ClFNO2/c1-8-4-5-16-13(12(8)15)18-10-3-2-9(7-17)11(14)6-10/h2-7H,1H3. The van der Waals surface area contributed by atoms with Gasteiger partial charge in [-0.25, -0.2) is 9.37 Å². The number of aryl methyl sites for hydroxylation is 1. The van der Waals surface area contributed by atoms with E-state index in [1.165, 1.54) is 24.4 Å². The van der Waals surface area contributed by atoms with Crippen molar-refractivity contribution in [3.63, 3.8) is 0 Å². The van der Waals surface area contributed by atoms with Crippen LogP contribution < -0.4 is 4.74 Å². The molecule has 5 heteroatoms. The average molecular weight is 266 g/mol. The molecule has 18 heavy (non-hydrogen) atoms. The Balaban J connectivity index is 2.31. The minimum absolute atomic E-state index is 0.120. The van der Waals surface area contributed by atoms with Crippen molar-refractivity contribution in [3.8, 4) is 11.6 Å².